The van der Waals surface area contributed by atoms with Crippen molar-refractivity contribution in [3.63, 3.8) is 0 Å². The van der Waals surface area contributed by atoms with Crippen molar-refractivity contribution in [2.45, 2.75) is 12.6 Å². The van der Waals surface area contributed by atoms with E-state index in [0.29, 0.717) is 6.54 Å². The quantitative estimate of drug-likeness (QED) is 0.420. The summed E-state index contributed by atoms with van der Waals surface area (Å²) >= 11 is 1.66. The number of nitrogens with one attached hydrogen (secondary N) is 2. The molecule has 0 aliphatic carbocycles. The van der Waals surface area contributed by atoms with Gasteiger partial charge in [-0.25, -0.2) is 4.79 Å². The van der Waals surface area contributed by atoms with Crippen LogP contribution in [0, 0.1) is 0 Å². The number of benzene rings is 3. The van der Waals surface area contributed by atoms with Gasteiger partial charge in [-0.15, -0.1) is 0 Å². The summed E-state index contributed by atoms with van der Waals surface area (Å²) in [6.07, 6.45) is -0.755. The molecule has 0 bridgehead atoms. The lowest BCUT2D eigenvalue weighted by Crippen LogP contribution is -2.37. The minimum Gasteiger partial charge on any atom is -0.387 e. The second-order valence-electron chi connectivity index (χ2n) is 6.85. The van der Waals surface area contributed by atoms with E-state index in [-0.39, 0.29) is 12.6 Å². The van der Waals surface area contributed by atoms with Gasteiger partial charge in [0.25, 0.3) is 0 Å². The van der Waals surface area contributed by atoms with Crippen molar-refractivity contribution in [2.75, 3.05) is 6.54 Å². The minimum atomic E-state index is -0.755. The van der Waals surface area contributed by atoms with E-state index < -0.39 is 6.10 Å². The van der Waals surface area contributed by atoms with Crippen LogP contribution in [0.5, 0.6) is 0 Å². The second kappa shape index (κ2) is 8.90. The number of hydrogen-bond acceptors (Lipinski definition) is 3. The summed E-state index contributed by atoms with van der Waals surface area (Å²) in [5.41, 5.74) is 4.12. The van der Waals surface area contributed by atoms with Gasteiger partial charge in [-0.05, 0) is 49.9 Å². The van der Waals surface area contributed by atoms with Gasteiger partial charge >= 0.3 is 6.03 Å². The molecule has 4 aromatic rings. The molecule has 0 radical (unpaired) electrons. The standard InChI is InChI=1S/C24H22N2O2S/c27-23(19-10-8-17(9-11-19)21-12-13-29-16-21)15-26-24(28)25-14-20-6-3-5-18-4-1-2-7-22(18)20/h1-13,16,23,27H,14-15H2,(H2,25,26,28)/t23-/m0/s1. The highest BCUT2D eigenvalue weighted by molar-refractivity contribution is 7.08. The highest BCUT2D eigenvalue weighted by Gasteiger charge is 2.10. The van der Waals surface area contributed by atoms with E-state index in [9.17, 15) is 9.90 Å². The lowest BCUT2D eigenvalue weighted by Gasteiger charge is -2.14. The van der Waals surface area contributed by atoms with Crippen LogP contribution in [0.1, 0.15) is 17.2 Å². The van der Waals surface area contributed by atoms with E-state index in [2.05, 4.69) is 34.2 Å². The fourth-order valence-electron chi connectivity index (χ4n) is 3.32. The zero-order valence-electron chi connectivity index (χ0n) is 15.8. The van der Waals surface area contributed by atoms with Gasteiger partial charge < -0.3 is 15.7 Å². The summed E-state index contributed by atoms with van der Waals surface area (Å²) in [5, 5.41) is 22.4. The van der Waals surface area contributed by atoms with E-state index >= 15 is 0 Å². The Kier molecular flexibility index (Phi) is 5.89. The van der Waals surface area contributed by atoms with Crippen LogP contribution in [-0.4, -0.2) is 17.7 Å². The Morgan fingerprint density at radius 2 is 1.69 bits per heavy atom. The van der Waals surface area contributed by atoms with Crippen LogP contribution < -0.4 is 10.6 Å². The van der Waals surface area contributed by atoms with Crippen LogP contribution in [0.3, 0.4) is 0 Å². The minimum absolute atomic E-state index is 0.152. The van der Waals surface area contributed by atoms with Crippen molar-refractivity contribution in [1.29, 1.82) is 0 Å². The number of amides is 2. The maximum Gasteiger partial charge on any atom is 0.315 e. The monoisotopic (exact) mass is 402 g/mol. The molecule has 3 N–H and O–H groups in total. The third-order valence-electron chi connectivity index (χ3n) is 4.93. The summed E-state index contributed by atoms with van der Waals surface area (Å²) in [5.74, 6) is 0. The van der Waals surface area contributed by atoms with Crippen LogP contribution in [0.25, 0.3) is 21.9 Å². The number of thiophene rings is 1. The van der Waals surface area contributed by atoms with Crippen LogP contribution in [0.15, 0.2) is 83.6 Å². The Morgan fingerprint density at radius 1 is 0.897 bits per heavy atom. The van der Waals surface area contributed by atoms with Gasteiger partial charge in [0.1, 0.15) is 0 Å². The number of aliphatic hydroxyl groups excluding tert-OH is 1. The highest BCUT2D eigenvalue weighted by Crippen LogP contribution is 2.24. The van der Waals surface area contributed by atoms with Gasteiger partial charge in [0.15, 0.2) is 0 Å². The van der Waals surface area contributed by atoms with Crippen LogP contribution >= 0.6 is 11.3 Å². The average molecular weight is 403 g/mol. The Morgan fingerprint density at radius 3 is 2.48 bits per heavy atom. The van der Waals surface area contributed by atoms with E-state index in [1.54, 1.807) is 11.3 Å². The van der Waals surface area contributed by atoms with Gasteiger partial charge in [0.05, 0.1) is 6.10 Å². The number of carbonyl (C=O) groups excluding carboxylic acids is 1. The van der Waals surface area contributed by atoms with Crippen molar-refractivity contribution in [3.05, 3.63) is 94.7 Å². The molecule has 3 aromatic carbocycles. The van der Waals surface area contributed by atoms with Gasteiger partial charge in [0, 0.05) is 13.1 Å². The SMILES string of the molecule is O=C(NCc1cccc2ccccc12)NC[C@H](O)c1ccc(-c2ccsc2)cc1. The first-order valence-corrected chi connectivity index (χ1v) is 10.4. The molecule has 4 nitrogen and oxygen atoms in total. The molecule has 0 fully saturated rings. The first-order chi connectivity index (χ1) is 14.2. The zero-order valence-corrected chi connectivity index (χ0v) is 16.7. The Bertz CT molecular complexity index is 1090. The zero-order chi connectivity index (χ0) is 20.1. The molecule has 29 heavy (non-hydrogen) atoms. The average Bonchev–Trinajstić information content (AvgIpc) is 3.31. The van der Waals surface area contributed by atoms with Crippen molar-refractivity contribution in [2.24, 2.45) is 0 Å². The van der Waals surface area contributed by atoms with Crippen LogP contribution in [-0.2, 0) is 6.54 Å². The predicted octanol–water partition coefficient (Wildman–Crippen LogP) is 5.10. The first-order valence-electron chi connectivity index (χ1n) is 9.49. The van der Waals surface area contributed by atoms with Crippen molar-refractivity contribution < 1.29 is 9.90 Å². The van der Waals surface area contributed by atoms with E-state index in [4.69, 9.17) is 0 Å². The van der Waals surface area contributed by atoms with E-state index in [1.165, 1.54) is 5.56 Å². The Hall–Kier alpha value is -3.15. The van der Waals surface area contributed by atoms with E-state index in [0.717, 1.165) is 27.5 Å². The van der Waals surface area contributed by atoms with Gasteiger partial charge in [0.2, 0.25) is 0 Å². The molecule has 0 aliphatic heterocycles. The molecule has 1 aromatic heterocycles. The molecule has 4 rings (SSSR count). The number of urea groups is 1. The second-order valence-corrected chi connectivity index (χ2v) is 7.63. The van der Waals surface area contributed by atoms with E-state index in [1.807, 2.05) is 60.0 Å². The maximum absolute atomic E-state index is 12.2. The molecule has 5 heteroatoms. The maximum atomic E-state index is 12.2. The number of hydrogen-bond donors (Lipinski definition) is 3. The molecular weight excluding hydrogens is 380 g/mol. The molecular formula is C24H22N2O2S. The number of fused-ring (bicyclic) bond motifs is 1. The van der Waals surface area contributed by atoms with Crippen LogP contribution in [0.2, 0.25) is 0 Å². The fraction of sp³-hybridized carbons (Fsp3) is 0.125. The molecule has 1 atom stereocenters. The summed E-state index contributed by atoms with van der Waals surface area (Å²) in [6.45, 7) is 0.581. The predicted molar refractivity (Wildman–Crippen MR) is 119 cm³/mol. The molecule has 0 unspecified atom stereocenters. The van der Waals surface area contributed by atoms with Gasteiger partial charge in [-0.1, -0.05) is 66.7 Å². The smallest absolute Gasteiger partial charge is 0.315 e. The summed E-state index contributed by atoms with van der Waals surface area (Å²) in [4.78, 5) is 12.2. The van der Waals surface area contributed by atoms with Crippen LogP contribution in [0.4, 0.5) is 4.79 Å². The Balaban J connectivity index is 1.30. The number of aliphatic hydroxyl groups is 1. The lowest BCUT2D eigenvalue weighted by molar-refractivity contribution is 0.173. The third kappa shape index (κ3) is 4.65. The highest BCUT2D eigenvalue weighted by atomic mass is 32.1. The molecule has 0 spiro atoms. The van der Waals surface area contributed by atoms with Crippen molar-refractivity contribution >= 4 is 28.1 Å². The number of carbonyl (C=O) groups is 1. The normalized spacial score (nSPS) is 11.9. The molecule has 2 amide bonds. The molecule has 0 saturated carbocycles. The summed E-state index contributed by atoms with van der Waals surface area (Å²) in [6, 6.07) is 23.7. The molecule has 0 saturated heterocycles. The van der Waals surface area contributed by atoms with Crippen molar-refractivity contribution in [3.8, 4) is 11.1 Å². The van der Waals surface area contributed by atoms with Gasteiger partial charge in [-0.2, -0.15) is 11.3 Å². The largest absolute Gasteiger partial charge is 0.387 e. The van der Waals surface area contributed by atoms with Gasteiger partial charge in [-0.3, -0.25) is 0 Å². The topological polar surface area (TPSA) is 61.4 Å². The fourth-order valence-corrected chi connectivity index (χ4v) is 3.98. The molecule has 0 aliphatic rings. The summed E-state index contributed by atoms with van der Waals surface area (Å²) in [7, 11) is 0. The first kappa shape index (κ1) is 19.2. The van der Waals surface area contributed by atoms with Crippen molar-refractivity contribution in [1.82, 2.24) is 10.6 Å². The summed E-state index contributed by atoms with van der Waals surface area (Å²) < 4.78 is 0. The lowest BCUT2D eigenvalue weighted by atomic mass is 10.0. The Labute approximate surface area is 173 Å². The third-order valence-corrected chi connectivity index (χ3v) is 5.61. The number of rotatable bonds is 6. The molecule has 146 valence electrons. The molecule has 1 heterocycles.